The zero-order chi connectivity index (χ0) is 8.27. The number of aromatic hydroxyl groups is 2. The average molecular weight is 153 g/mol. The molecule has 0 fully saturated rings. The molecule has 11 heavy (non-hydrogen) atoms. The highest BCUT2D eigenvalue weighted by Gasteiger charge is 1.99. The highest BCUT2D eigenvalue weighted by molar-refractivity contribution is 5.75. The van der Waals surface area contributed by atoms with Gasteiger partial charge in [0.2, 0.25) is 6.41 Å². The first-order valence-corrected chi connectivity index (χ1v) is 2.96. The normalized spacial score (nSPS) is 9.09. The summed E-state index contributed by atoms with van der Waals surface area (Å²) in [5.74, 6) is -0.0814. The van der Waals surface area contributed by atoms with E-state index >= 15 is 0 Å². The highest BCUT2D eigenvalue weighted by atomic mass is 16.3. The van der Waals surface area contributed by atoms with Crippen LogP contribution in [-0.2, 0) is 4.79 Å². The molecule has 0 atom stereocenters. The zero-order valence-corrected chi connectivity index (χ0v) is 5.61. The van der Waals surface area contributed by atoms with Crippen molar-refractivity contribution in [3.05, 3.63) is 18.2 Å². The Labute approximate surface area is 63.1 Å². The van der Waals surface area contributed by atoms with E-state index in [2.05, 4.69) is 5.32 Å². The van der Waals surface area contributed by atoms with Gasteiger partial charge in [0.25, 0.3) is 0 Å². The van der Waals surface area contributed by atoms with Crippen molar-refractivity contribution in [1.82, 2.24) is 0 Å². The number of benzene rings is 1. The van der Waals surface area contributed by atoms with Gasteiger partial charge in [-0.2, -0.15) is 0 Å². The maximum absolute atomic E-state index is 9.93. The van der Waals surface area contributed by atoms with Gasteiger partial charge in [0.05, 0.1) is 5.69 Å². The number of hydrogen-bond acceptors (Lipinski definition) is 3. The van der Waals surface area contributed by atoms with Crippen LogP contribution in [0.5, 0.6) is 11.5 Å². The minimum Gasteiger partial charge on any atom is -0.508 e. The van der Waals surface area contributed by atoms with Crippen LogP contribution in [-0.4, -0.2) is 16.6 Å². The Morgan fingerprint density at radius 1 is 1.36 bits per heavy atom. The van der Waals surface area contributed by atoms with Crippen molar-refractivity contribution in [3.63, 3.8) is 0 Å². The maximum Gasteiger partial charge on any atom is 0.211 e. The van der Waals surface area contributed by atoms with Crippen LogP contribution in [0.3, 0.4) is 0 Å². The van der Waals surface area contributed by atoms with Crippen molar-refractivity contribution in [2.45, 2.75) is 0 Å². The summed E-state index contributed by atoms with van der Waals surface area (Å²) in [6.45, 7) is 0. The molecule has 0 aliphatic carbocycles. The Bertz CT molecular complexity index is 272. The molecule has 4 nitrogen and oxygen atoms in total. The number of anilines is 1. The van der Waals surface area contributed by atoms with E-state index in [0.717, 1.165) is 0 Å². The molecule has 1 amide bonds. The van der Waals surface area contributed by atoms with E-state index in [-0.39, 0.29) is 17.2 Å². The monoisotopic (exact) mass is 153 g/mol. The molecular weight excluding hydrogens is 146 g/mol. The summed E-state index contributed by atoms with van der Waals surface area (Å²) < 4.78 is 0. The second kappa shape index (κ2) is 2.92. The summed E-state index contributed by atoms with van der Waals surface area (Å²) in [5.41, 5.74) is 0.194. The van der Waals surface area contributed by atoms with Crippen LogP contribution in [0.15, 0.2) is 18.2 Å². The van der Waals surface area contributed by atoms with E-state index in [1.807, 2.05) is 0 Å². The smallest absolute Gasteiger partial charge is 0.211 e. The fourth-order valence-corrected chi connectivity index (χ4v) is 0.703. The lowest BCUT2D eigenvalue weighted by atomic mass is 10.3. The Morgan fingerprint density at radius 2 is 2.09 bits per heavy atom. The maximum atomic E-state index is 9.93. The molecule has 4 heteroatoms. The Kier molecular flexibility index (Phi) is 1.96. The van der Waals surface area contributed by atoms with Gasteiger partial charge in [-0.05, 0) is 12.1 Å². The van der Waals surface area contributed by atoms with Crippen LogP contribution in [0, 0.1) is 0 Å². The first kappa shape index (κ1) is 7.40. The van der Waals surface area contributed by atoms with Gasteiger partial charge in [-0.15, -0.1) is 0 Å². The van der Waals surface area contributed by atoms with Gasteiger partial charge in [0, 0.05) is 6.07 Å². The number of phenols is 2. The first-order valence-electron chi connectivity index (χ1n) is 2.96. The van der Waals surface area contributed by atoms with Crippen molar-refractivity contribution < 1.29 is 15.0 Å². The number of carbonyl (C=O) groups excluding carboxylic acids is 1. The summed E-state index contributed by atoms with van der Waals surface area (Å²) >= 11 is 0. The van der Waals surface area contributed by atoms with Gasteiger partial charge >= 0.3 is 0 Å². The van der Waals surface area contributed by atoms with Crippen molar-refractivity contribution in [3.8, 4) is 11.5 Å². The number of phenolic OH excluding ortho intramolecular Hbond substituents is 2. The third-order valence-electron chi connectivity index (χ3n) is 1.19. The largest absolute Gasteiger partial charge is 0.508 e. The van der Waals surface area contributed by atoms with Crippen molar-refractivity contribution in [2.24, 2.45) is 0 Å². The van der Waals surface area contributed by atoms with E-state index in [0.29, 0.717) is 6.41 Å². The highest BCUT2D eigenvalue weighted by Crippen LogP contribution is 2.26. The van der Waals surface area contributed by atoms with Crippen LogP contribution >= 0.6 is 0 Å². The van der Waals surface area contributed by atoms with Crippen molar-refractivity contribution in [2.75, 3.05) is 5.32 Å². The molecule has 0 unspecified atom stereocenters. The van der Waals surface area contributed by atoms with Crippen LogP contribution in [0.2, 0.25) is 0 Å². The Hall–Kier alpha value is -1.71. The van der Waals surface area contributed by atoms with Gasteiger partial charge in [0.15, 0.2) is 0 Å². The Balaban J connectivity index is 3.01. The molecule has 0 aliphatic heterocycles. The quantitative estimate of drug-likeness (QED) is 0.332. The van der Waals surface area contributed by atoms with Gasteiger partial charge in [-0.3, -0.25) is 4.79 Å². The lowest BCUT2D eigenvalue weighted by molar-refractivity contribution is -0.105. The average Bonchev–Trinajstić information content (AvgIpc) is 1.98. The van der Waals surface area contributed by atoms with E-state index in [1.54, 1.807) is 0 Å². The number of amides is 1. The third-order valence-corrected chi connectivity index (χ3v) is 1.19. The fourth-order valence-electron chi connectivity index (χ4n) is 0.703. The summed E-state index contributed by atoms with van der Waals surface area (Å²) in [4.78, 5) is 9.93. The molecular formula is C7H7NO3. The van der Waals surface area contributed by atoms with Crippen molar-refractivity contribution >= 4 is 12.1 Å². The van der Waals surface area contributed by atoms with Crippen LogP contribution in [0.25, 0.3) is 0 Å². The zero-order valence-electron chi connectivity index (χ0n) is 5.61. The second-order valence-electron chi connectivity index (χ2n) is 1.96. The lowest BCUT2D eigenvalue weighted by Gasteiger charge is -2.01. The number of rotatable bonds is 2. The molecule has 0 bridgehead atoms. The molecule has 0 radical (unpaired) electrons. The predicted molar refractivity (Wildman–Crippen MR) is 39.5 cm³/mol. The van der Waals surface area contributed by atoms with E-state index in [9.17, 15) is 4.79 Å². The van der Waals surface area contributed by atoms with Gasteiger partial charge in [-0.25, -0.2) is 0 Å². The topological polar surface area (TPSA) is 69.6 Å². The summed E-state index contributed by atoms with van der Waals surface area (Å²) in [7, 11) is 0. The number of hydrogen-bond donors (Lipinski definition) is 3. The molecule has 0 spiro atoms. The summed E-state index contributed by atoms with van der Waals surface area (Å²) in [6, 6.07) is 3.87. The van der Waals surface area contributed by atoms with E-state index in [4.69, 9.17) is 10.2 Å². The van der Waals surface area contributed by atoms with Crippen LogP contribution < -0.4 is 5.32 Å². The number of nitrogens with one attached hydrogen (secondary N) is 1. The van der Waals surface area contributed by atoms with Gasteiger partial charge < -0.3 is 15.5 Å². The first-order chi connectivity index (χ1) is 5.24. The lowest BCUT2D eigenvalue weighted by Crippen LogP contribution is -1.93. The Morgan fingerprint density at radius 3 is 2.73 bits per heavy atom. The summed E-state index contributed by atoms with van der Waals surface area (Å²) in [6.07, 6.45) is 0.425. The summed E-state index contributed by atoms with van der Waals surface area (Å²) in [5, 5.41) is 20.2. The molecule has 0 aromatic heterocycles. The van der Waals surface area contributed by atoms with Crippen LogP contribution in [0.4, 0.5) is 5.69 Å². The van der Waals surface area contributed by atoms with E-state index < -0.39 is 0 Å². The predicted octanol–water partition coefficient (Wildman–Crippen LogP) is 0.666. The van der Waals surface area contributed by atoms with E-state index in [1.165, 1.54) is 18.2 Å². The molecule has 0 aliphatic rings. The minimum absolute atomic E-state index is 0.00727. The number of carbonyl (C=O) groups is 1. The SMILES string of the molecule is O=CNc1cc(O)ccc1O. The minimum atomic E-state index is -0.0742. The third kappa shape index (κ3) is 1.61. The molecule has 0 saturated carbocycles. The fraction of sp³-hybridized carbons (Fsp3) is 0. The van der Waals surface area contributed by atoms with Gasteiger partial charge in [-0.1, -0.05) is 0 Å². The molecule has 3 N–H and O–H groups in total. The molecule has 0 saturated heterocycles. The molecule has 1 aromatic rings. The van der Waals surface area contributed by atoms with Crippen LogP contribution in [0.1, 0.15) is 0 Å². The standard InChI is InChI=1S/C7H7NO3/c9-4-8-6-3-5(10)1-2-7(6)11/h1-4,10-11H,(H,8,9). The second-order valence-corrected chi connectivity index (χ2v) is 1.96. The molecule has 1 rings (SSSR count). The molecule has 58 valence electrons. The molecule has 1 aromatic carbocycles. The van der Waals surface area contributed by atoms with Crippen molar-refractivity contribution in [1.29, 1.82) is 0 Å². The molecule has 0 heterocycles. The van der Waals surface area contributed by atoms with Gasteiger partial charge in [0.1, 0.15) is 11.5 Å².